The van der Waals surface area contributed by atoms with Crippen molar-refractivity contribution < 1.29 is 10.2 Å². The first kappa shape index (κ1) is 8.75. The van der Waals surface area contributed by atoms with E-state index in [9.17, 15) is 0 Å². The summed E-state index contributed by atoms with van der Waals surface area (Å²) in [5.41, 5.74) is 1.30. The highest BCUT2D eigenvalue weighted by Gasteiger charge is 2.12. The van der Waals surface area contributed by atoms with E-state index in [2.05, 4.69) is 6.08 Å². The predicted octanol–water partition coefficient (Wildman–Crippen LogP) is 1.23. The van der Waals surface area contributed by atoms with Crippen LogP contribution in [0.25, 0.3) is 0 Å². The SMILES string of the molecule is C[C@H](O)CC1=CC[C@H](O)CC1. The van der Waals surface area contributed by atoms with Gasteiger partial charge in [-0.15, -0.1) is 0 Å². The zero-order chi connectivity index (χ0) is 8.27. The highest BCUT2D eigenvalue weighted by atomic mass is 16.3. The molecule has 1 aliphatic carbocycles. The third-order valence-corrected chi connectivity index (χ3v) is 2.03. The molecule has 0 aromatic rings. The summed E-state index contributed by atoms with van der Waals surface area (Å²) in [5, 5.41) is 18.2. The molecule has 0 aromatic heterocycles. The second-order valence-corrected chi connectivity index (χ2v) is 3.34. The van der Waals surface area contributed by atoms with Crippen LogP contribution in [0.3, 0.4) is 0 Å². The second kappa shape index (κ2) is 3.88. The van der Waals surface area contributed by atoms with Crippen LogP contribution in [0.2, 0.25) is 0 Å². The van der Waals surface area contributed by atoms with Gasteiger partial charge in [-0.3, -0.25) is 0 Å². The fourth-order valence-electron chi connectivity index (χ4n) is 1.44. The van der Waals surface area contributed by atoms with E-state index in [0.717, 1.165) is 25.7 Å². The Morgan fingerprint density at radius 3 is 2.91 bits per heavy atom. The first-order valence-corrected chi connectivity index (χ1v) is 4.22. The van der Waals surface area contributed by atoms with Crippen molar-refractivity contribution in [1.29, 1.82) is 0 Å². The minimum absolute atomic E-state index is 0.146. The van der Waals surface area contributed by atoms with Gasteiger partial charge in [0.2, 0.25) is 0 Å². The summed E-state index contributed by atoms with van der Waals surface area (Å²) in [5.74, 6) is 0. The summed E-state index contributed by atoms with van der Waals surface area (Å²) in [7, 11) is 0. The third-order valence-electron chi connectivity index (χ3n) is 2.03. The Morgan fingerprint density at radius 2 is 2.45 bits per heavy atom. The third kappa shape index (κ3) is 3.04. The van der Waals surface area contributed by atoms with Gasteiger partial charge in [-0.05, 0) is 32.6 Å². The highest BCUT2D eigenvalue weighted by Crippen LogP contribution is 2.21. The fraction of sp³-hybridized carbons (Fsp3) is 0.778. The van der Waals surface area contributed by atoms with Gasteiger partial charge in [0.15, 0.2) is 0 Å². The molecule has 0 aromatic carbocycles. The van der Waals surface area contributed by atoms with E-state index in [1.807, 2.05) is 0 Å². The summed E-state index contributed by atoms with van der Waals surface area (Å²) >= 11 is 0. The van der Waals surface area contributed by atoms with Gasteiger partial charge in [0.25, 0.3) is 0 Å². The van der Waals surface area contributed by atoms with E-state index in [4.69, 9.17) is 10.2 Å². The summed E-state index contributed by atoms with van der Waals surface area (Å²) < 4.78 is 0. The molecular formula is C9H16O2. The lowest BCUT2D eigenvalue weighted by Gasteiger charge is -2.18. The Hall–Kier alpha value is -0.340. The van der Waals surface area contributed by atoms with Crippen LogP contribution in [0.1, 0.15) is 32.6 Å². The first-order chi connectivity index (χ1) is 5.18. The lowest BCUT2D eigenvalue weighted by Crippen LogP contribution is -2.12. The molecule has 64 valence electrons. The van der Waals surface area contributed by atoms with Crippen molar-refractivity contribution in [3.8, 4) is 0 Å². The van der Waals surface area contributed by atoms with Crippen LogP contribution in [0.4, 0.5) is 0 Å². The monoisotopic (exact) mass is 156 g/mol. The van der Waals surface area contributed by atoms with E-state index in [1.165, 1.54) is 5.57 Å². The zero-order valence-corrected chi connectivity index (χ0v) is 6.95. The van der Waals surface area contributed by atoms with Crippen LogP contribution in [0.15, 0.2) is 11.6 Å². The van der Waals surface area contributed by atoms with Crippen molar-refractivity contribution >= 4 is 0 Å². The van der Waals surface area contributed by atoms with Crippen molar-refractivity contribution in [2.75, 3.05) is 0 Å². The molecule has 0 unspecified atom stereocenters. The normalized spacial score (nSPS) is 27.9. The number of hydrogen-bond donors (Lipinski definition) is 2. The van der Waals surface area contributed by atoms with Crippen molar-refractivity contribution in [2.24, 2.45) is 0 Å². The summed E-state index contributed by atoms with van der Waals surface area (Å²) in [6.07, 6.45) is 5.02. The molecule has 0 spiro atoms. The van der Waals surface area contributed by atoms with Crippen LogP contribution in [-0.2, 0) is 0 Å². The van der Waals surface area contributed by atoms with Crippen LogP contribution in [0.5, 0.6) is 0 Å². The Kier molecular flexibility index (Phi) is 3.09. The van der Waals surface area contributed by atoms with Crippen molar-refractivity contribution in [2.45, 2.75) is 44.8 Å². The van der Waals surface area contributed by atoms with Gasteiger partial charge >= 0.3 is 0 Å². The first-order valence-electron chi connectivity index (χ1n) is 4.22. The minimum Gasteiger partial charge on any atom is -0.393 e. The molecule has 0 aliphatic heterocycles. The molecular weight excluding hydrogens is 140 g/mol. The minimum atomic E-state index is -0.239. The highest BCUT2D eigenvalue weighted by molar-refractivity contribution is 5.07. The van der Waals surface area contributed by atoms with E-state index >= 15 is 0 Å². The van der Waals surface area contributed by atoms with Gasteiger partial charge in [-0.2, -0.15) is 0 Å². The van der Waals surface area contributed by atoms with Crippen LogP contribution >= 0.6 is 0 Å². The lowest BCUT2D eigenvalue weighted by molar-refractivity contribution is 0.156. The largest absolute Gasteiger partial charge is 0.393 e. The Morgan fingerprint density at radius 1 is 1.73 bits per heavy atom. The topological polar surface area (TPSA) is 40.5 Å². The standard InChI is InChI=1S/C9H16O2/c1-7(10)6-8-2-4-9(11)5-3-8/h2,7,9-11H,3-6H2,1H3/t7-,9-/m0/s1. The lowest BCUT2D eigenvalue weighted by atomic mass is 9.94. The average molecular weight is 156 g/mol. The molecule has 0 fully saturated rings. The van der Waals surface area contributed by atoms with Gasteiger partial charge in [0, 0.05) is 0 Å². The number of aliphatic hydroxyl groups excluding tert-OH is 2. The van der Waals surface area contributed by atoms with Gasteiger partial charge in [-0.25, -0.2) is 0 Å². The summed E-state index contributed by atoms with van der Waals surface area (Å²) in [6.45, 7) is 1.80. The van der Waals surface area contributed by atoms with Crippen LogP contribution in [-0.4, -0.2) is 22.4 Å². The van der Waals surface area contributed by atoms with Crippen molar-refractivity contribution in [1.82, 2.24) is 0 Å². The van der Waals surface area contributed by atoms with Gasteiger partial charge in [-0.1, -0.05) is 11.6 Å². The predicted molar refractivity (Wildman–Crippen MR) is 44.2 cm³/mol. The molecule has 2 N–H and O–H groups in total. The molecule has 0 amide bonds. The van der Waals surface area contributed by atoms with Gasteiger partial charge in [0.05, 0.1) is 12.2 Å². The Balaban J connectivity index is 2.35. The molecule has 0 heterocycles. The summed E-state index contributed by atoms with van der Waals surface area (Å²) in [4.78, 5) is 0. The quantitative estimate of drug-likeness (QED) is 0.590. The van der Waals surface area contributed by atoms with E-state index in [1.54, 1.807) is 6.92 Å². The average Bonchev–Trinajstić information content (AvgIpc) is 1.93. The molecule has 0 saturated carbocycles. The van der Waals surface area contributed by atoms with Gasteiger partial charge < -0.3 is 10.2 Å². The van der Waals surface area contributed by atoms with Crippen LogP contribution in [0, 0.1) is 0 Å². The number of hydrogen-bond acceptors (Lipinski definition) is 2. The maximum atomic E-state index is 9.15. The maximum Gasteiger partial charge on any atom is 0.0577 e. The van der Waals surface area contributed by atoms with E-state index in [-0.39, 0.29) is 12.2 Å². The molecule has 0 bridgehead atoms. The number of aliphatic hydroxyl groups is 2. The van der Waals surface area contributed by atoms with E-state index < -0.39 is 0 Å². The van der Waals surface area contributed by atoms with Gasteiger partial charge in [0.1, 0.15) is 0 Å². The van der Waals surface area contributed by atoms with E-state index in [0.29, 0.717) is 0 Å². The fourth-order valence-corrected chi connectivity index (χ4v) is 1.44. The number of rotatable bonds is 2. The van der Waals surface area contributed by atoms with Crippen molar-refractivity contribution in [3.05, 3.63) is 11.6 Å². The van der Waals surface area contributed by atoms with Crippen LogP contribution < -0.4 is 0 Å². The molecule has 1 rings (SSSR count). The smallest absolute Gasteiger partial charge is 0.0577 e. The second-order valence-electron chi connectivity index (χ2n) is 3.34. The zero-order valence-electron chi connectivity index (χ0n) is 6.95. The molecule has 0 saturated heterocycles. The molecule has 1 aliphatic rings. The molecule has 11 heavy (non-hydrogen) atoms. The Labute approximate surface area is 67.6 Å². The molecule has 2 nitrogen and oxygen atoms in total. The molecule has 0 radical (unpaired) electrons. The Bertz CT molecular complexity index is 150. The van der Waals surface area contributed by atoms with Crippen molar-refractivity contribution in [3.63, 3.8) is 0 Å². The summed E-state index contributed by atoms with van der Waals surface area (Å²) in [6, 6.07) is 0. The maximum absolute atomic E-state index is 9.15. The molecule has 2 heteroatoms. The molecule has 2 atom stereocenters.